The molecule has 0 valence electrons. The molecule has 0 N–H and O–H groups in total. The molecule has 0 heterocycles. The van der Waals surface area contributed by atoms with Crippen LogP contribution in [0.5, 0.6) is 0 Å². The van der Waals surface area contributed by atoms with Gasteiger partial charge in [-0.2, -0.15) is 0 Å². The van der Waals surface area contributed by atoms with Gasteiger partial charge in [0.1, 0.15) is 0 Å². The van der Waals surface area contributed by atoms with Crippen LogP contribution < -0.4 is 2000 Å². The van der Waals surface area contributed by atoms with E-state index < -0.39 is 0 Å². The molecule has 0 amide bonds. The molecule has 39 heteroatoms. The smallest absolute Gasteiger partial charge is 1.00 e. The monoisotopic (exact) mass is 1520 g/mol. The Labute approximate surface area is 1910 Å². The van der Waals surface area contributed by atoms with Crippen LogP contribution in [0.15, 0.2) is 0 Å². The van der Waals surface area contributed by atoms with Crippen LogP contribution in [0.3, 0.4) is 0 Å². The maximum atomic E-state index is 0. The summed E-state index contributed by atoms with van der Waals surface area (Å²) < 4.78 is 0. The second-order valence-electron chi connectivity index (χ2n) is 0. The maximum absolute atomic E-state index is 0. The SMILES string of the molecule is [K+].[K+].[K+].[K+].[K+].[K+].[K+].[K+].[K+].[K+].[K+].[K+].[K+].[K+].[K+].[K+].[K+].[K+].[K+].[K+].[K+].[K+].[K+].[K+].[K+].[K+].[K+].[K+].[K+].[K+].[K+].[K+].[K+].[K+].[K+].[K+].[K+].[K+].[K+]. The molecular weight excluding hydrogens is 1520 g/mol. The van der Waals surface area contributed by atoms with Gasteiger partial charge in [0, 0.05) is 0 Å². The summed E-state index contributed by atoms with van der Waals surface area (Å²) in [5, 5.41) is 0. The van der Waals surface area contributed by atoms with E-state index in [0.717, 1.165) is 0 Å². The zero-order chi connectivity index (χ0) is 0. The summed E-state index contributed by atoms with van der Waals surface area (Å²) in [5.41, 5.74) is 0. The van der Waals surface area contributed by atoms with E-state index in [4.69, 9.17) is 0 Å². The molecule has 0 aliphatic heterocycles. The first-order chi connectivity index (χ1) is 0. The Kier molecular flexibility index (Phi) is 1710. The Hall–Kier alpha value is 63.8. The topological polar surface area (TPSA) is 0 Å². The first-order valence-electron chi connectivity index (χ1n) is 0. The van der Waals surface area contributed by atoms with Gasteiger partial charge in [-0.1, -0.05) is 0 Å². The summed E-state index contributed by atoms with van der Waals surface area (Å²) >= 11 is 0. The van der Waals surface area contributed by atoms with Crippen LogP contribution >= 0.6 is 0 Å². The van der Waals surface area contributed by atoms with Crippen LogP contribution in [0.4, 0.5) is 0 Å². The van der Waals surface area contributed by atoms with Gasteiger partial charge in [-0.25, -0.2) is 0 Å². The number of hydrogen-bond donors (Lipinski definition) is 0. The molecule has 0 bridgehead atoms. The van der Waals surface area contributed by atoms with Gasteiger partial charge in [0.25, 0.3) is 0 Å². The Balaban J connectivity index is 0. The van der Waals surface area contributed by atoms with E-state index in [0.29, 0.717) is 0 Å². The fraction of sp³-hybridized carbons (Fsp3) is 0. The van der Waals surface area contributed by atoms with Crippen molar-refractivity contribution < 1.29 is 2000 Å². The minimum atomic E-state index is 0. The molecule has 0 rings (SSSR count). The molecule has 0 aromatic heterocycles. The van der Waals surface area contributed by atoms with E-state index in [1.54, 1.807) is 0 Å². The summed E-state index contributed by atoms with van der Waals surface area (Å²) in [6, 6.07) is 0. The molecule has 0 fully saturated rings. The molecule has 0 saturated carbocycles. The molecule has 0 aliphatic rings. The van der Waals surface area contributed by atoms with E-state index in [9.17, 15) is 0 Å². The Morgan fingerprint density at radius 1 is 0.0256 bits per heavy atom. The standard InChI is InChI=1S/39K/q39*+1. The van der Waals surface area contributed by atoms with Crippen molar-refractivity contribution in [2.24, 2.45) is 0 Å². The molecule has 39 heavy (non-hydrogen) atoms. The summed E-state index contributed by atoms with van der Waals surface area (Å²) in [5.74, 6) is 0. The van der Waals surface area contributed by atoms with E-state index >= 15 is 0 Å². The van der Waals surface area contributed by atoms with Gasteiger partial charge in [-0.3, -0.25) is 0 Å². The zero-order valence-corrected chi connectivity index (χ0v) is 161. The second-order valence-corrected chi connectivity index (χ2v) is 0. The van der Waals surface area contributed by atoms with Gasteiger partial charge in [-0.05, 0) is 0 Å². The third kappa shape index (κ3) is 249. The molecule has 0 unspecified atom stereocenters. The molecule has 0 atom stereocenters. The van der Waals surface area contributed by atoms with E-state index in [1.807, 2.05) is 0 Å². The minimum absolute atomic E-state index is 0. The van der Waals surface area contributed by atoms with Gasteiger partial charge in [0.2, 0.25) is 0 Å². The molecule has 0 aromatic carbocycles. The molecule has 0 radical (unpaired) electrons. The summed E-state index contributed by atoms with van der Waals surface area (Å²) in [6.07, 6.45) is 0. The summed E-state index contributed by atoms with van der Waals surface area (Å²) in [7, 11) is 0. The number of rotatable bonds is 0. The van der Waals surface area contributed by atoms with Gasteiger partial charge < -0.3 is 0 Å². The van der Waals surface area contributed by atoms with Crippen LogP contribution in [0.25, 0.3) is 0 Å². The van der Waals surface area contributed by atoms with Crippen molar-refractivity contribution in [3.63, 3.8) is 0 Å². The summed E-state index contributed by atoms with van der Waals surface area (Å²) in [4.78, 5) is 0. The van der Waals surface area contributed by atoms with Crippen molar-refractivity contribution in [2.45, 2.75) is 0 Å². The Morgan fingerprint density at radius 3 is 0.0256 bits per heavy atom. The average molecular weight is 1520 g/mol. The van der Waals surface area contributed by atoms with Crippen LogP contribution in [0.1, 0.15) is 0 Å². The maximum Gasteiger partial charge on any atom is 1.00 e. The van der Waals surface area contributed by atoms with Crippen molar-refractivity contribution in [2.75, 3.05) is 0 Å². The second kappa shape index (κ2) is 254. The minimum Gasteiger partial charge on any atom is 1.00 e. The van der Waals surface area contributed by atoms with Crippen molar-refractivity contribution in [1.82, 2.24) is 0 Å². The number of hydrogen-bond acceptors (Lipinski definition) is 0. The van der Waals surface area contributed by atoms with Crippen molar-refractivity contribution >= 4 is 0 Å². The largest absolute Gasteiger partial charge is 1.00 e. The van der Waals surface area contributed by atoms with Crippen molar-refractivity contribution in [3.05, 3.63) is 0 Å². The molecule has 0 aromatic rings. The third-order valence-electron chi connectivity index (χ3n) is 0. The van der Waals surface area contributed by atoms with Crippen LogP contribution in [-0.2, 0) is 0 Å². The molecule has 0 saturated heterocycles. The quantitative estimate of drug-likeness (QED) is 0.212. The van der Waals surface area contributed by atoms with Crippen LogP contribution in [-0.4, -0.2) is 0 Å². The van der Waals surface area contributed by atoms with Crippen LogP contribution in [0.2, 0.25) is 0 Å². The normalized spacial score (nSPS) is 0. The van der Waals surface area contributed by atoms with Gasteiger partial charge in [0.15, 0.2) is 0 Å². The molecule has 0 aliphatic carbocycles. The average Bonchev–Trinajstić information content (AvgIpc) is 0. The Morgan fingerprint density at radius 2 is 0.0256 bits per heavy atom. The predicted octanol–water partition coefficient (Wildman–Crippen LogP) is -117. The third-order valence-corrected chi connectivity index (χ3v) is 0. The van der Waals surface area contributed by atoms with Gasteiger partial charge >= 0.3 is 2000 Å². The first kappa shape index (κ1) is 262. The molecular formula is K39+39. The van der Waals surface area contributed by atoms with Crippen molar-refractivity contribution in [1.29, 1.82) is 0 Å². The first-order valence-corrected chi connectivity index (χ1v) is 0. The van der Waals surface area contributed by atoms with E-state index in [1.165, 1.54) is 0 Å². The van der Waals surface area contributed by atoms with E-state index in [-0.39, 0.29) is 2000 Å². The summed E-state index contributed by atoms with van der Waals surface area (Å²) in [6.45, 7) is 0. The van der Waals surface area contributed by atoms with Gasteiger partial charge in [-0.15, -0.1) is 0 Å². The zero-order valence-electron chi connectivity index (χ0n) is 39.0. The van der Waals surface area contributed by atoms with Gasteiger partial charge in [0.05, 0.1) is 0 Å². The Bertz CT molecular complexity index is 0. The van der Waals surface area contributed by atoms with E-state index in [2.05, 4.69) is 0 Å². The fourth-order valence-electron chi connectivity index (χ4n) is 0. The predicted molar refractivity (Wildman–Crippen MR) is 0 cm³/mol. The van der Waals surface area contributed by atoms with Crippen molar-refractivity contribution in [3.8, 4) is 0 Å². The van der Waals surface area contributed by atoms with Crippen LogP contribution in [0, 0.1) is 0 Å². The fourth-order valence-corrected chi connectivity index (χ4v) is 0. The molecule has 0 spiro atoms. The molecule has 0 nitrogen and oxygen atoms in total.